The van der Waals surface area contributed by atoms with Gasteiger partial charge in [-0.25, -0.2) is 0 Å². The molecule has 0 aliphatic heterocycles. The molecule has 2 aromatic rings. The van der Waals surface area contributed by atoms with Gasteiger partial charge in [-0.3, -0.25) is 4.79 Å². The zero-order chi connectivity index (χ0) is 13.7. The molecule has 0 bridgehead atoms. The molecular weight excluding hydrogens is 266 g/mol. The number of amides is 1. The molecule has 2 rings (SSSR count). The number of carbonyl (C=O) groups is 1. The van der Waals surface area contributed by atoms with Crippen LogP contribution >= 0.6 is 11.6 Å². The highest BCUT2D eigenvalue weighted by Crippen LogP contribution is 2.22. The monoisotopic (exact) mass is 279 g/mol. The number of ether oxygens (including phenoxy) is 1. The lowest BCUT2D eigenvalue weighted by Crippen LogP contribution is -2.27. The summed E-state index contributed by atoms with van der Waals surface area (Å²) in [6.45, 7) is 2.54. The number of rotatable bonds is 5. The first-order valence-electron chi connectivity index (χ1n) is 5.87. The van der Waals surface area contributed by atoms with Crippen LogP contribution in [0, 0.1) is 6.92 Å². The first-order chi connectivity index (χ1) is 9.16. The van der Waals surface area contributed by atoms with Crippen molar-refractivity contribution in [1.82, 2.24) is 5.32 Å². The lowest BCUT2D eigenvalue weighted by atomic mass is 10.3. The Morgan fingerprint density at radius 1 is 1.42 bits per heavy atom. The maximum Gasteiger partial charge on any atom is 0.254 e. The summed E-state index contributed by atoms with van der Waals surface area (Å²) in [5, 5.41) is 3.29. The molecule has 19 heavy (non-hydrogen) atoms. The van der Waals surface area contributed by atoms with Crippen molar-refractivity contribution in [3.8, 4) is 5.75 Å². The van der Waals surface area contributed by atoms with Crippen molar-refractivity contribution in [1.29, 1.82) is 0 Å². The number of hydrogen-bond acceptors (Lipinski definition) is 3. The Hall–Kier alpha value is -1.94. The van der Waals surface area contributed by atoms with Gasteiger partial charge in [0.05, 0.1) is 17.1 Å². The molecular formula is C14H14ClNO3. The van der Waals surface area contributed by atoms with Gasteiger partial charge in [0, 0.05) is 0 Å². The molecule has 0 aliphatic rings. The van der Waals surface area contributed by atoms with Crippen molar-refractivity contribution in [2.45, 2.75) is 6.92 Å². The molecule has 0 saturated carbocycles. The Morgan fingerprint density at radius 2 is 2.21 bits per heavy atom. The average Bonchev–Trinajstić information content (AvgIpc) is 2.83. The minimum absolute atomic E-state index is 0.181. The van der Waals surface area contributed by atoms with Crippen molar-refractivity contribution in [2.24, 2.45) is 0 Å². The van der Waals surface area contributed by atoms with Crippen LogP contribution in [0.2, 0.25) is 5.02 Å². The minimum Gasteiger partial charge on any atom is -0.490 e. The molecule has 1 N–H and O–H groups in total. The Balaban J connectivity index is 1.75. The van der Waals surface area contributed by atoms with E-state index in [1.807, 2.05) is 12.1 Å². The van der Waals surface area contributed by atoms with Crippen molar-refractivity contribution >= 4 is 17.5 Å². The number of halogens is 1. The minimum atomic E-state index is -0.181. The van der Waals surface area contributed by atoms with E-state index in [-0.39, 0.29) is 5.91 Å². The fourth-order valence-corrected chi connectivity index (χ4v) is 1.74. The van der Waals surface area contributed by atoms with Crippen molar-refractivity contribution in [2.75, 3.05) is 13.2 Å². The second kappa shape index (κ2) is 6.29. The van der Waals surface area contributed by atoms with E-state index >= 15 is 0 Å². The second-order valence-electron chi connectivity index (χ2n) is 3.98. The Bertz CT molecular complexity index is 565. The molecule has 0 saturated heterocycles. The summed E-state index contributed by atoms with van der Waals surface area (Å²) in [6.07, 6.45) is 1.43. The number of para-hydroxylation sites is 1. The summed E-state index contributed by atoms with van der Waals surface area (Å²) < 4.78 is 10.5. The number of nitrogens with one attached hydrogen (secondary N) is 1. The maximum absolute atomic E-state index is 11.7. The maximum atomic E-state index is 11.7. The number of benzene rings is 1. The molecule has 1 amide bonds. The van der Waals surface area contributed by atoms with Gasteiger partial charge in [0.15, 0.2) is 0 Å². The van der Waals surface area contributed by atoms with E-state index in [1.165, 1.54) is 6.26 Å². The third-order valence-corrected chi connectivity index (χ3v) is 2.79. The molecule has 1 aromatic heterocycles. The van der Waals surface area contributed by atoms with E-state index in [4.69, 9.17) is 20.8 Å². The van der Waals surface area contributed by atoms with Gasteiger partial charge in [0.25, 0.3) is 5.91 Å². The van der Waals surface area contributed by atoms with Gasteiger partial charge in [-0.15, -0.1) is 0 Å². The van der Waals surface area contributed by atoms with Crippen LogP contribution < -0.4 is 10.1 Å². The SMILES string of the molecule is Cc1cc(C(=O)NCCOc2ccccc2Cl)co1. The van der Waals surface area contributed by atoms with Gasteiger partial charge in [-0.2, -0.15) is 0 Å². The zero-order valence-electron chi connectivity index (χ0n) is 10.5. The average molecular weight is 280 g/mol. The van der Waals surface area contributed by atoms with Crippen LogP contribution in [0.3, 0.4) is 0 Å². The summed E-state index contributed by atoms with van der Waals surface area (Å²) in [7, 11) is 0. The molecule has 0 unspecified atom stereocenters. The summed E-state index contributed by atoms with van der Waals surface area (Å²) in [5.74, 6) is 1.13. The van der Waals surface area contributed by atoms with Crippen LogP contribution in [0.5, 0.6) is 5.75 Å². The summed E-state index contributed by atoms with van der Waals surface area (Å²) in [5.41, 5.74) is 0.509. The quantitative estimate of drug-likeness (QED) is 0.856. The van der Waals surface area contributed by atoms with Crippen molar-refractivity contribution in [3.63, 3.8) is 0 Å². The zero-order valence-corrected chi connectivity index (χ0v) is 11.2. The molecule has 0 spiro atoms. The van der Waals surface area contributed by atoms with Gasteiger partial charge in [0.2, 0.25) is 0 Å². The van der Waals surface area contributed by atoms with Crippen molar-refractivity contribution < 1.29 is 13.9 Å². The van der Waals surface area contributed by atoms with Gasteiger partial charge >= 0.3 is 0 Å². The van der Waals surface area contributed by atoms with E-state index in [9.17, 15) is 4.79 Å². The lowest BCUT2D eigenvalue weighted by Gasteiger charge is -2.08. The molecule has 0 radical (unpaired) electrons. The van der Waals surface area contributed by atoms with Crippen LogP contribution in [-0.2, 0) is 0 Å². The molecule has 4 nitrogen and oxygen atoms in total. The van der Waals surface area contributed by atoms with Gasteiger partial charge < -0.3 is 14.5 Å². The molecule has 100 valence electrons. The van der Waals surface area contributed by atoms with E-state index < -0.39 is 0 Å². The van der Waals surface area contributed by atoms with E-state index in [0.29, 0.717) is 35.2 Å². The fourth-order valence-electron chi connectivity index (χ4n) is 1.55. The lowest BCUT2D eigenvalue weighted by molar-refractivity contribution is 0.0946. The third kappa shape index (κ3) is 3.76. The normalized spacial score (nSPS) is 10.2. The predicted octanol–water partition coefficient (Wildman–Crippen LogP) is 3.05. The standard InChI is InChI=1S/C14H14ClNO3/c1-10-8-11(9-19-10)14(17)16-6-7-18-13-5-3-2-4-12(13)15/h2-5,8-9H,6-7H2,1H3,(H,16,17). The Labute approximate surface area is 116 Å². The molecule has 1 aromatic carbocycles. The highest BCUT2D eigenvalue weighted by Gasteiger charge is 2.07. The number of furan rings is 1. The first kappa shape index (κ1) is 13.5. The molecule has 0 fully saturated rings. The van der Waals surface area contributed by atoms with Crippen LogP contribution in [-0.4, -0.2) is 19.1 Å². The van der Waals surface area contributed by atoms with Gasteiger partial charge in [-0.1, -0.05) is 23.7 Å². The number of aryl methyl sites for hydroxylation is 1. The fraction of sp³-hybridized carbons (Fsp3) is 0.214. The predicted molar refractivity (Wildman–Crippen MR) is 72.7 cm³/mol. The number of hydrogen-bond donors (Lipinski definition) is 1. The van der Waals surface area contributed by atoms with Crippen LogP contribution in [0.4, 0.5) is 0 Å². The summed E-state index contributed by atoms with van der Waals surface area (Å²) >= 11 is 5.94. The Kier molecular flexibility index (Phi) is 4.47. The highest BCUT2D eigenvalue weighted by atomic mass is 35.5. The first-order valence-corrected chi connectivity index (χ1v) is 6.25. The summed E-state index contributed by atoms with van der Waals surface area (Å²) in [6, 6.07) is 8.89. The van der Waals surface area contributed by atoms with Crippen molar-refractivity contribution in [3.05, 3.63) is 52.9 Å². The molecule has 1 heterocycles. The molecule has 5 heteroatoms. The topological polar surface area (TPSA) is 51.5 Å². The second-order valence-corrected chi connectivity index (χ2v) is 4.39. The van der Waals surface area contributed by atoms with E-state index in [2.05, 4.69) is 5.32 Å². The largest absolute Gasteiger partial charge is 0.490 e. The van der Waals surface area contributed by atoms with Gasteiger partial charge in [0.1, 0.15) is 24.4 Å². The number of carbonyl (C=O) groups excluding carboxylic acids is 1. The van der Waals surface area contributed by atoms with E-state index in [1.54, 1.807) is 25.1 Å². The van der Waals surface area contributed by atoms with Crippen LogP contribution in [0.25, 0.3) is 0 Å². The van der Waals surface area contributed by atoms with E-state index in [0.717, 1.165) is 0 Å². The molecule has 0 aliphatic carbocycles. The Morgan fingerprint density at radius 3 is 2.89 bits per heavy atom. The summed E-state index contributed by atoms with van der Waals surface area (Å²) in [4.78, 5) is 11.7. The molecule has 0 atom stereocenters. The highest BCUT2D eigenvalue weighted by molar-refractivity contribution is 6.32. The third-order valence-electron chi connectivity index (χ3n) is 2.47. The van der Waals surface area contributed by atoms with Crippen LogP contribution in [0.1, 0.15) is 16.1 Å². The smallest absolute Gasteiger partial charge is 0.254 e. The van der Waals surface area contributed by atoms with Crippen LogP contribution in [0.15, 0.2) is 41.0 Å². The van der Waals surface area contributed by atoms with Gasteiger partial charge in [-0.05, 0) is 25.1 Å².